The first-order valence-corrected chi connectivity index (χ1v) is 15.4. The van der Waals surface area contributed by atoms with Crippen LogP contribution in [0.3, 0.4) is 0 Å². The number of likely N-dealkylation sites (tertiary alicyclic amines) is 2. The van der Waals surface area contributed by atoms with Crippen LogP contribution in [-0.4, -0.2) is 75.3 Å². The number of ether oxygens (including phenoxy) is 1. The molecule has 1 unspecified atom stereocenters. The largest absolute Gasteiger partial charge is 0.453 e. The summed E-state index contributed by atoms with van der Waals surface area (Å²) in [5, 5.41) is 6.32. The van der Waals surface area contributed by atoms with Gasteiger partial charge in [-0.15, -0.1) is 0 Å². The van der Waals surface area contributed by atoms with Gasteiger partial charge in [0, 0.05) is 55.9 Å². The lowest BCUT2D eigenvalue weighted by Gasteiger charge is -2.31. The minimum Gasteiger partial charge on any atom is -0.453 e. The number of pyridine rings is 1. The Morgan fingerprint density at radius 2 is 1.83 bits per heavy atom. The number of nitrogens with two attached hydrogens (primary N) is 1. The van der Waals surface area contributed by atoms with E-state index >= 15 is 0 Å². The molecule has 1 atom stereocenters. The zero-order valence-corrected chi connectivity index (χ0v) is 24.6. The highest BCUT2D eigenvalue weighted by Crippen LogP contribution is 2.41. The summed E-state index contributed by atoms with van der Waals surface area (Å²) in [5.41, 5.74) is 13.7. The number of rotatable bonds is 5. The molecule has 2 aliphatic heterocycles. The van der Waals surface area contributed by atoms with Crippen LogP contribution in [0.1, 0.15) is 65.9 Å². The van der Waals surface area contributed by atoms with Crippen molar-refractivity contribution in [2.45, 2.75) is 64.0 Å². The summed E-state index contributed by atoms with van der Waals surface area (Å²) in [6, 6.07) is 12.9. The molecule has 5 heterocycles. The van der Waals surface area contributed by atoms with E-state index in [9.17, 15) is 9.59 Å². The lowest BCUT2D eigenvalue weighted by Crippen LogP contribution is -2.45. The van der Waals surface area contributed by atoms with Gasteiger partial charge in [-0.3, -0.25) is 4.79 Å². The average molecular weight is 569 g/mol. The van der Waals surface area contributed by atoms with Gasteiger partial charge in [0.15, 0.2) is 0 Å². The Morgan fingerprint density at radius 1 is 1.02 bits per heavy atom. The zero-order chi connectivity index (χ0) is 29.0. The van der Waals surface area contributed by atoms with E-state index < -0.39 is 0 Å². The molecule has 42 heavy (non-hydrogen) atoms. The minimum atomic E-state index is -0.238. The molecule has 9 heteroatoms. The highest BCUT2D eigenvalue weighted by molar-refractivity contribution is 5.95. The Kier molecular flexibility index (Phi) is 6.92. The van der Waals surface area contributed by atoms with Crippen LogP contribution in [0.5, 0.6) is 0 Å². The standard InChI is InChI=1S/C33H40N6O3/c1-21-28-11-10-25(32(40)37-14-4-6-26(34)20-37)19-39(28)35-30(21)29-17-24-5-3-7-27(31(24)38(29)18-22-8-9-22)23-12-15-36(16-13-23)33(41)42-2/h3,5,7,10-11,17,19,22-23,26H,4,6,8-9,12-16,18,20,34H2,1-2H3. The van der Waals surface area contributed by atoms with Crippen LogP contribution in [0.4, 0.5) is 4.79 Å². The predicted molar refractivity (Wildman–Crippen MR) is 163 cm³/mol. The number of benzene rings is 1. The average Bonchev–Trinajstić information content (AvgIpc) is 3.68. The molecule has 2 N–H and O–H groups in total. The Labute approximate surface area is 246 Å². The molecule has 1 aromatic carbocycles. The number of amides is 2. The van der Waals surface area contributed by atoms with Crippen molar-refractivity contribution in [1.82, 2.24) is 24.0 Å². The monoisotopic (exact) mass is 568 g/mol. The van der Waals surface area contributed by atoms with E-state index in [0.29, 0.717) is 37.0 Å². The van der Waals surface area contributed by atoms with Gasteiger partial charge in [0.05, 0.1) is 29.4 Å². The van der Waals surface area contributed by atoms with Crippen molar-refractivity contribution >= 4 is 28.4 Å². The maximum Gasteiger partial charge on any atom is 0.409 e. The van der Waals surface area contributed by atoms with Crippen molar-refractivity contribution in [1.29, 1.82) is 0 Å². The highest BCUT2D eigenvalue weighted by atomic mass is 16.5. The summed E-state index contributed by atoms with van der Waals surface area (Å²) in [6.45, 7) is 5.87. The summed E-state index contributed by atoms with van der Waals surface area (Å²) in [4.78, 5) is 29.1. The Hall–Kier alpha value is -3.85. The molecule has 9 nitrogen and oxygen atoms in total. The zero-order valence-electron chi connectivity index (χ0n) is 24.6. The number of aromatic nitrogens is 3. The summed E-state index contributed by atoms with van der Waals surface area (Å²) in [7, 11) is 1.45. The number of aryl methyl sites for hydroxylation is 1. The Balaban J connectivity index is 1.26. The number of methoxy groups -OCH3 is 1. The normalized spacial score (nSPS) is 20.0. The van der Waals surface area contributed by atoms with E-state index in [-0.39, 0.29) is 18.0 Å². The summed E-state index contributed by atoms with van der Waals surface area (Å²) in [5.74, 6) is 1.09. The Bertz CT molecular complexity index is 1660. The number of hydrogen-bond donors (Lipinski definition) is 1. The van der Waals surface area contributed by atoms with E-state index in [1.807, 2.05) is 32.6 Å². The molecule has 3 aromatic heterocycles. The third kappa shape index (κ3) is 4.83. The maximum atomic E-state index is 13.3. The van der Waals surface area contributed by atoms with Gasteiger partial charge < -0.3 is 24.8 Å². The quantitative estimate of drug-likeness (QED) is 0.358. The predicted octanol–water partition coefficient (Wildman–Crippen LogP) is 5.18. The van der Waals surface area contributed by atoms with Gasteiger partial charge in [-0.1, -0.05) is 18.2 Å². The van der Waals surface area contributed by atoms with E-state index in [4.69, 9.17) is 15.6 Å². The first kappa shape index (κ1) is 27.0. The minimum absolute atomic E-state index is 0.0208. The summed E-state index contributed by atoms with van der Waals surface area (Å²) in [6.07, 6.45) is 7.91. The molecule has 0 spiro atoms. The van der Waals surface area contributed by atoms with Crippen LogP contribution in [-0.2, 0) is 11.3 Å². The van der Waals surface area contributed by atoms with Crippen molar-refractivity contribution in [3.63, 3.8) is 0 Å². The van der Waals surface area contributed by atoms with Gasteiger partial charge in [0.25, 0.3) is 5.91 Å². The van der Waals surface area contributed by atoms with Crippen LogP contribution >= 0.6 is 0 Å². The first-order valence-electron chi connectivity index (χ1n) is 15.4. The van der Waals surface area contributed by atoms with Crippen LogP contribution in [0.25, 0.3) is 27.8 Å². The molecule has 3 aliphatic rings. The lowest BCUT2D eigenvalue weighted by atomic mass is 9.88. The molecular weight excluding hydrogens is 528 g/mol. The van der Waals surface area contributed by atoms with Gasteiger partial charge in [-0.2, -0.15) is 5.10 Å². The maximum absolute atomic E-state index is 13.3. The molecule has 2 amide bonds. The summed E-state index contributed by atoms with van der Waals surface area (Å²) >= 11 is 0. The molecule has 0 bridgehead atoms. The van der Waals surface area contributed by atoms with Crippen LogP contribution in [0, 0.1) is 12.8 Å². The fourth-order valence-electron chi connectivity index (χ4n) is 7.05. The number of fused-ring (bicyclic) bond motifs is 2. The topological polar surface area (TPSA) is 98.1 Å². The van der Waals surface area contributed by atoms with Crippen molar-refractivity contribution in [2.75, 3.05) is 33.3 Å². The number of carbonyl (C=O) groups excluding carboxylic acids is 2. The van der Waals surface area contributed by atoms with Crippen molar-refractivity contribution in [3.05, 3.63) is 59.3 Å². The van der Waals surface area contributed by atoms with Crippen LogP contribution in [0.2, 0.25) is 0 Å². The Morgan fingerprint density at radius 3 is 2.57 bits per heavy atom. The van der Waals surface area contributed by atoms with E-state index in [1.54, 1.807) is 0 Å². The fourth-order valence-corrected chi connectivity index (χ4v) is 7.05. The second-order valence-electron chi connectivity index (χ2n) is 12.5. The van der Waals surface area contributed by atoms with Crippen LogP contribution < -0.4 is 5.73 Å². The molecule has 2 saturated heterocycles. The molecule has 4 aromatic rings. The fraction of sp³-hybridized carbons (Fsp3) is 0.485. The van der Waals surface area contributed by atoms with Crippen LogP contribution in [0.15, 0.2) is 42.6 Å². The van der Waals surface area contributed by atoms with E-state index in [1.165, 1.54) is 36.4 Å². The SMILES string of the molecule is COC(=O)N1CCC(c2cccc3cc(-c4nn5cc(C(=O)N6CCCC(N)C6)ccc5c4C)n(CC4CC4)c23)CC1. The third-order valence-corrected chi connectivity index (χ3v) is 9.57. The van der Waals surface area contributed by atoms with Gasteiger partial charge in [0.2, 0.25) is 0 Å². The molecular formula is C33H40N6O3. The van der Waals surface area contributed by atoms with Gasteiger partial charge in [0.1, 0.15) is 5.69 Å². The first-order chi connectivity index (χ1) is 20.4. The molecule has 0 radical (unpaired) electrons. The van der Waals surface area contributed by atoms with Crippen molar-refractivity contribution in [2.24, 2.45) is 11.7 Å². The molecule has 1 saturated carbocycles. The highest BCUT2D eigenvalue weighted by Gasteiger charge is 2.30. The molecule has 7 rings (SSSR count). The third-order valence-electron chi connectivity index (χ3n) is 9.57. The van der Waals surface area contributed by atoms with Crippen molar-refractivity contribution < 1.29 is 14.3 Å². The second kappa shape index (κ2) is 10.8. The number of piperidine rings is 2. The lowest BCUT2D eigenvalue weighted by molar-refractivity contribution is 0.0708. The van der Waals surface area contributed by atoms with Gasteiger partial charge in [-0.25, -0.2) is 9.31 Å². The molecule has 3 fully saturated rings. The number of carbonyl (C=O) groups is 2. The number of para-hydroxylation sites is 1. The van der Waals surface area contributed by atoms with Gasteiger partial charge in [-0.05, 0) is 81.0 Å². The molecule has 1 aliphatic carbocycles. The summed E-state index contributed by atoms with van der Waals surface area (Å²) < 4.78 is 9.35. The smallest absolute Gasteiger partial charge is 0.409 e. The second-order valence-corrected chi connectivity index (χ2v) is 12.5. The number of hydrogen-bond acceptors (Lipinski definition) is 5. The van der Waals surface area contributed by atoms with Crippen molar-refractivity contribution in [3.8, 4) is 11.4 Å². The van der Waals surface area contributed by atoms with Gasteiger partial charge >= 0.3 is 6.09 Å². The van der Waals surface area contributed by atoms with E-state index in [2.05, 4.69) is 35.8 Å². The van der Waals surface area contributed by atoms with E-state index in [0.717, 1.165) is 61.2 Å². The molecule has 220 valence electrons. The number of nitrogens with zero attached hydrogens (tertiary/aromatic N) is 5.